The molecule has 0 saturated carbocycles. The minimum atomic E-state index is -0.941. The third-order valence-corrected chi connectivity index (χ3v) is 5.95. The SMILES string of the molecule is C[C@@H]1CCCN1CCc1c2ccc(-c3ccccc3)c1N2C(=O)CCC(=O)O. The van der Waals surface area contributed by atoms with Crippen LogP contribution in [0.25, 0.3) is 11.1 Å². The second kappa shape index (κ2) is 7.76. The highest BCUT2D eigenvalue weighted by molar-refractivity contribution is 6.13. The number of fused-ring (bicyclic) bond motifs is 2. The number of likely N-dealkylation sites (tertiary alicyclic amines) is 1. The first-order valence-corrected chi connectivity index (χ1v) is 10.1. The Kier molecular flexibility index (Phi) is 5.18. The fourth-order valence-electron chi connectivity index (χ4n) is 4.42. The highest BCUT2D eigenvalue weighted by Gasteiger charge is 2.36. The molecule has 1 N–H and O–H groups in total. The molecule has 146 valence electrons. The lowest BCUT2D eigenvalue weighted by molar-refractivity contribution is -0.138. The number of carboxylic acids is 1. The summed E-state index contributed by atoms with van der Waals surface area (Å²) in [5.41, 5.74) is 5.26. The maximum atomic E-state index is 12.7. The summed E-state index contributed by atoms with van der Waals surface area (Å²) < 4.78 is 0. The van der Waals surface area contributed by atoms with Gasteiger partial charge in [-0.3, -0.25) is 14.5 Å². The van der Waals surface area contributed by atoms with Gasteiger partial charge in [0.05, 0.1) is 17.8 Å². The minimum absolute atomic E-state index is 0.0225. The van der Waals surface area contributed by atoms with Gasteiger partial charge in [0.15, 0.2) is 0 Å². The summed E-state index contributed by atoms with van der Waals surface area (Å²) in [6, 6.07) is 14.8. The molecule has 2 aliphatic heterocycles. The monoisotopic (exact) mass is 378 g/mol. The first-order valence-electron chi connectivity index (χ1n) is 10.1. The molecule has 0 spiro atoms. The van der Waals surface area contributed by atoms with Gasteiger partial charge in [-0.15, -0.1) is 0 Å². The summed E-state index contributed by atoms with van der Waals surface area (Å²) in [5.74, 6) is -1.08. The van der Waals surface area contributed by atoms with Crippen LogP contribution in [0, 0.1) is 0 Å². The van der Waals surface area contributed by atoms with Gasteiger partial charge in [-0.1, -0.05) is 36.4 Å². The zero-order chi connectivity index (χ0) is 19.7. The smallest absolute Gasteiger partial charge is 0.303 e. The van der Waals surface area contributed by atoms with Crippen molar-refractivity contribution in [1.82, 2.24) is 4.90 Å². The van der Waals surface area contributed by atoms with E-state index in [2.05, 4.69) is 30.0 Å². The summed E-state index contributed by atoms with van der Waals surface area (Å²) in [5, 5.41) is 8.94. The number of carbonyl (C=O) groups excluding carboxylic acids is 1. The topological polar surface area (TPSA) is 60.9 Å². The van der Waals surface area contributed by atoms with Crippen LogP contribution in [0.3, 0.4) is 0 Å². The fraction of sp³-hybridized carbons (Fsp3) is 0.391. The zero-order valence-corrected chi connectivity index (χ0v) is 16.2. The lowest BCUT2D eigenvalue weighted by Gasteiger charge is -2.39. The van der Waals surface area contributed by atoms with E-state index in [0.717, 1.165) is 42.0 Å². The van der Waals surface area contributed by atoms with Crippen LogP contribution in [-0.2, 0) is 16.0 Å². The van der Waals surface area contributed by atoms with Crippen molar-refractivity contribution in [1.29, 1.82) is 0 Å². The predicted octanol–water partition coefficient (Wildman–Crippen LogP) is 4.22. The van der Waals surface area contributed by atoms with E-state index in [-0.39, 0.29) is 18.7 Å². The van der Waals surface area contributed by atoms with E-state index < -0.39 is 5.97 Å². The predicted molar refractivity (Wildman–Crippen MR) is 110 cm³/mol. The van der Waals surface area contributed by atoms with E-state index in [4.69, 9.17) is 5.11 Å². The van der Waals surface area contributed by atoms with E-state index in [1.54, 1.807) is 4.90 Å². The molecule has 2 aromatic rings. The molecular formula is C23H26N2O3. The van der Waals surface area contributed by atoms with Gasteiger partial charge in [-0.05, 0) is 44.4 Å². The molecule has 0 unspecified atom stereocenters. The quantitative estimate of drug-likeness (QED) is 0.783. The summed E-state index contributed by atoms with van der Waals surface area (Å²) >= 11 is 0. The maximum absolute atomic E-state index is 12.7. The first-order chi connectivity index (χ1) is 13.6. The Labute approximate surface area is 165 Å². The number of hydrogen-bond donors (Lipinski definition) is 1. The van der Waals surface area contributed by atoms with E-state index in [1.807, 2.05) is 24.3 Å². The van der Waals surface area contributed by atoms with Gasteiger partial charge in [0.1, 0.15) is 0 Å². The molecule has 2 heterocycles. The van der Waals surface area contributed by atoms with Gasteiger partial charge < -0.3 is 10.0 Å². The van der Waals surface area contributed by atoms with Crippen molar-refractivity contribution >= 4 is 23.3 Å². The Bertz CT molecular complexity index is 894. The lowest BCUT2D eigenvalue weighted by atomic mass is 9.88. The zero-order valence-electron chi connectivity index (χ0n) is 16.2. The molecule has 0 aromatic heterocycles. The third kappa shape index (κ3) is 3.42. The Morgan fingerprint density at radius 3 is 2.57 bits per heavy atom. The van der Waals surface area contributed by atoms with Gasteiger partial charge >= 0.3 is 5.97 Å². The Morgan fingerprint density at radius 1 is 1.11 bits per heavy atom. The molecule has 5 heteroatoms. The Balaban J connectivity index is 1.61. The van der Waals surface area contributed by atoms with Crippen molar-refractivity contribution in [3.63, 3.8) is 0 Å². The minimum Gasteiger partial charge on any atom is -0.481 e. The number of nitrogens with zero attached hydrogens (tertiary/aromatic N) is 2. The van der Waals surface area contributed by atoms with Crippen molar-refractivity contribution in [2.45, 2.75) is 45.1 Å². The van der Waals surface area contributed by atoms with Crippen LogP contribution >= 0.6 is 0 Å². The number of carbonyl (C=O) groups is 2. The number of amides is 1. The van der Waals surface area contributed by atoms with Crippen LogP contribution in [-0.4, -0.2) is 41.0 Å². The van der Waals surface area contributed by atoms with E-state index in [1.165, 1.54) is 18.4 Å². The molecule has 2 aromatic carbocycles. The van der Waals surface area contributed by atoms with Crippen LogP contribution in [0.5, 0.6) is 0 Å². The standard InChI is InChI=1S/C23H26N2O3/c1-16-6-5-14-24(16)15-13-19-20-10-9-18(17-7-3-2-4-8-17)23(19)25(20)21(26)11-12-22(27)28/h2-4,7-10,16H,5-6,11-15H2,1H3,(H,27,28)/t16-/m1/s1. The summed E-state index contributed by atoms with van der Waals surface area (Å²) in [7, 11) is 0. The van der Waals surface area contributed by atoms with E-state index >= 15 is 0 Å². The highest BCUT2D eigenvalue weighted by Crippen LogP contribution is 2.51. The van der Waals surface area contributed by atoms with E-state index in [0.29, 0.717) is 6.04 Å². The van der Waals surface area contributed by atoms with Crippen molar-refractivity contribution in [2.75, 3.05) is 18.0 Å². The van der Waals surface area contributed by atoms with Gasteiger partial charge in [-0.25, -0.2) is 0 Å². The molecule has 4 rings (SSSR count). The number of aliphatic carboxylic acids is 1. The number of anilines is 2. The number of benzene rings is 2. The Morgan fingerprint density at radius 2 is 1.89 bits per heavy atom. The third-order valence-electron chi connectivity index (χ3n) is 5.95. The average Bonchev–Trinajstić information content (AvgIpc) is 3.11. The lowest BCUT2D eigenvalue weighted by Crippen LogP contribution is -2.37. The molecular weight excluding hydrogens is 352 g/mol. The van der Waals surface area contributed by atoms with Crippen LogP contribution in [0.2, 0.25) is 0 Å². The first kappa shape index (κ1) is 18.7. The molecule has 5 nitrogen and oxygen atoms in total. The maximum Gasteiger partial charge on any atom is 0.303 e. The van der Waals surface area contributed by atoms with E-state index in [9.17, 15) is 9.59 Å². The summed E-state index contributed by atoms with van der Waals surface area (Å²) in [4.78, 5) is 27.9. The molecule has 1 saturated heterocycles. The van der Waals surface area contributed by atoms with Crippen molar-refractivity contribution in [3.05, 3.63) is 48.0 Å². The van der Waals surface area contributed by atoms with Crippen LogP contribution < -0.4 is 4.90 Å². The number of hydrogen-bond acceptors (Lipinski definition) is 3. The average molecular weight is 378 g/mol. The summed E-state index contributed by atoms with van der Waals surface area (Å²) in [6.45, 7) is 4.42. The second-order valence-electron chi connectivity index (χ2n) is 7.73. The molecule has 1 fully saturated rings. The summed E-state index contributed by atoms with van der Waals surface area (Å²) in [6.07, 6.45) is 3.31. The normalized spacial score (nSPS) is 18.2. The van der Waals surface area contributed by atoms with Gasteiger partial charge in [0.25, 0.3) is 0 Å². The Hall–Kier alpha value is -2.66. The number of rotatable bonds is 7. The molecule has 1 amide bonds. The molecule has 0 radical (unpaired) electrons. The van der Waals surface area contributed by atoms with Gasteiger partial charge in [0, 0.05) is 30.1 Å². The van der Waals surface area contributed by atoms with Crippen molar-refractivity contribution in [3.8, 4) is 11.1 Å². The van der Waals surface area contributed by atoms with Gasteiger partial charge in [-0.2, -0.15) is 0 Å². The van der Waals surface area contributed by atoms with Crippen LogP contribution in [0.1, 0.15) is 38.2 Å². The highest BCUT2D eigenvalue weighted by atomic mass is 16.4. The van der Waals surface area contributed by atoms with Crippen molar-refractivity contribution < 1.29 is 14.7 Å². The van der Waals surface area contributed by atoms with Crippen LogP contribution in [0.15, 0.2) is 42.5 Å². The molecule has 2 aliphatic rings. The largest absolute Gasteiger partial charge is 0.481 e. The molecule has 0 aliphatic carbocycles. The second-order valence-corrected chi connectivity index (χ2v) is 7.73. The van der Waals surface area contributed by atoms with Crippen molar-refractivity contribution in [2.24, 2.45) is 0 Å². The number of carboxylic acid groups (broad SMARTS) is 1. The van der Waals surface area contributed by atoms with Crippen LogP contribution in [0.4, 0.5) is 11.4 Å². The van der Waals surface area contributed by atoms with Gasteiger partial charge in [0.2, 0.25) is 5.91 Å². The molecule has 1 atom stereocenters. The molecule has 28 heavy (non-hydrogen) atoms. The molecule has 2 bridgehead atoms. The fourth-order valence-corrected chi connectivity index (χ4v) is 4.42.